The van der Waals surface area contributed by atoms with E-state index in [-0.39, 0.29) is 23.9 Å². The maximum atomic E-state index is 12.3. The summed E-state index contributed by atoms with van der Waals surface area (Å²) in [6.45, 7) is 6.89. The van der Waals surface area contributed by atoms with Crippen molar-refractivity contribution in [3.63, 3.8) is 0 Å². The van der Waals surface area contributed by atoms with Crippen LogP contribution in [0.5, 0.6) is 0 Å². The smallest absolute Gasteiger partial charge is 0.313 e. The molecule has 2 aliphatic heterocycles. The van der Waals surface area contributed by atoms with Gasteiger partial charge in [0.15, 0.2) is 14.1 Å². The lowest BCUT2D eigenvalue weighted by atomic mass is 10.1. The molecule has 0 saturated carbocycles. The van der Waals surface area contributed by atoms with Gasteiger partial charge in [-0.25, -0.2) is 15.0 Å². The summed E-state index contributed by atoms with van der Waals surface area (Å²) in [4.78, 5) is 52.8. The Hall–Kier alpha value is -2.95. The highest BCUT2D eigenvalue weighted by Crippen LogP contribution is 2.31. The van der Waals surface area contributed by atoms with Gasteiger partial charge in [-0.3, -0.25) is 19.3 Å². The Morgan fingerprint density at radius 1 is 0.979 bits per heavy atom. The van der Waals surface area contributed by atoms with Crippen molar-refractivity contribution < 1.29 is 19.1 Å². The highest BCUT2D eigenvalue weighted by molar-refractivity contribution is 8.01. The molecule has 0 spiro atoms. The van der Waals surface area contributed by atoms with Crippen molar-refractivity contribution in [3.8, 4) is 0 Å². The van der Waals surface area contributed by atoms with Gasteiger partial charge in [-0.15, -0.1) is 34.0 Å². The number of carbonyl (C=O) groups excluding carboxylic acids is 3. The first-order valence-electron chi connectivity index (χ1n) is 15.3. The van der Waals surface area contributed by atoms with E-state index in [4.69, 9.17) is 12.2 Å². The summed E-state index contributed by atoms with van der Waals surface area (Å²) < 4.78 is 7.23. The molecular weight excluding hydrogens is 723 g/mol. The summed E-state index contributed by atoms with van der Waals surface area (Å²) in [5, 5.41) is 6.14. The van der Waals surface area contributed by atoms with E-state index in [0.717, 1.165) is 72.6 Å². The molecule has 0 unspecified atom stereocenters. The lowest BCUT2D eigenvalue weighted by Crippen LogP contribution is -2.33. The van der Waals surface area contributed by atoms with Gasteiger partial charge in [-0.2, -0.15) is 0 Å². The molecule has 0 bridgehead atoms. The van der Waals surface area contributed by atoms with Gasteiger partial charge >= 0.3 is 5.97 Å². The van der Waals surface area contributed by atoms with E-state index in [1.54, 1.807) is 45.4 Å². The second-order valence-corrected chi connectivity index (χ2v) is 16.1. The Labute approximate surface area is 306 Å². The normalized spacial score (nSPS) is 13.2. The molecule has 6 rings (SSSR count). The number of benzene rings is 1. The molecule has 0 radical (unpaired) electrons. The van der Waals surface area contributed by atoms with Crippen LogP contribution in [0.15, 0.2) is 65.7 Å². The molecule has 2 aliphatic rings. The number of ketones is 1. The van der Waals surface area contributed by atoms with Crippen LogP contribution in [0, 0.1) is 3.95 Å². The number of ether oxygens (including phenoxy) is 1. The van der Waals surface area contributed by atoms with Crippen LogP contribution in [0.3, 0.4) is 0 Å². The maximum Gasteiger partial charge on any atom is 0.313 e. The molecule has 254 valence electrons. The Kier molecular flexibility index (Phi) is 15.2. The lowest BCUT2D eigenvalue weighted by Gasteiger charge is -2.16. The SMILES string of the molecule is CCc1csc(=S)[nH]1.CCc1csc(SCC(=O)CC(=O)OC)n1.CCc1csc(SCC2=CC(=O)N(C3=Nc4ccccc4C3)C2)n1. The zero-order valence-corrected chi connectivity index (χ0v) is 32.0. The summed E-state index contributed by atoms with van der Waals surface area (Å²) >= 11 is 12.7. The minimum absolute atomic E-state index is 0.0468. The molecule has 48 heavy (non-hydrogen) atoms. The van der Waals surface area contributed by atoms with Gasteiger partial charge in [0.05, 0.1) is 29.9 Å². The maximum absolute atomic E-state index is 12.3. The molecule has 9 nitrogen and oxygen atoms in total. The van der Waals surface area contributed by atoms with Crippen LogP contribution in [0.2, 0.25) is 0 Å². The molecule has 3 aromatic heterocycles. The molecule has 1 aromatic carbocycles. The number of aliphatic imine (C=N–C) groups is 1. The van der Waals surface area contributed by atoms with Crippen LogP contribution in [-0.2, 0) is 44.8 Å². The molecule has 1 amide bonds. The summed E-state index contributed by atoms with van der Waals surface area (Å²) in [7, 11) is 1.27. The average molecular weight is 760 g/mol. The first-order valence-corrected chi connectivity index (χ1v) is 20.3. The fraction of sp³-hybridized carbons (Fsp3) is 0.364. The number of nitrogens with one attached hydrogen (secondary N) is 1. The molecule has 1 N–H and O–H groups in total. The number of aromatic amines is 1. The van der Waals surface area contributed by atoms with E-state index in [1.165, 1.54) is 41.5 Å². The number of hydrogen-bond acceptors (Lipinski definition) is 13. The monoisotopic (exact) mass is 759 g/mol. The third kappa shape index (κ3) is 11.6. The second-order valence-electron chi connectivity index (χ2n) is 10.4. The number of thioether (sulfide) groups is 2. The predicted octanol–water partition coefficient (Wildman–Crippen LogP) is 8.15. The van der Waals surface area contributed by atoms with Gasteiger partial charge in [0.2, 0.25) is 0 Å². The number of fused-ring (bicyclic) bond motifs is 1. The summed E-state index contributed by atoms with van der Waals surface area (Å²) in [6, 6.07) is 8.07. The number of carbonyl (C=O) groups is 3. The summed E-state index contributed by atoms with van der Waals surface area (Å²) in [5.41, 5.74) is 6.72. The van der Waals surface area contributed by atoms with Crippen LogP contribution in [-0.4, -0.2) is 68.5 Å². The van der Waals surface area contributed by atoms with Gasteiger partial charge in [0, 0.05) is 46.6 Å². The first kappa shape index (κ1) is 37.9. The third-order valence-electron chi connectivity index (χ3n) is 6.90. The van der Waals surface area contributed by atoms with Gasteiger partial charge in [-0.05, 0) is 48.7 Å². The number of amidine groups is 1. The van der Waals surface area contributed by atoms with Crippen molar-refractivity contribution in [1.82, 2.24) is 19.9 Å². The van der Waals surface area contributed by atoms with E-state index >= 15 is 0 Å². The number of thiazole rings is 3. The van der Waals surface area contributed by atoms with Crippen molar-refractivity contribution in [1.29, 1.82) is 0 Å². The van der Waals surface area contributed by atoms with E-state index in [1.807, 2.05) is 30.5 Å². The number of nitrogens with zero attached hydrogens (tertiary/aromatic N) is 4. The van der Waals surface area contributed by atoms with Crippen LogP contribution >= 0.6 is 69.8 Å². The molecule has 0 atom stereocenters. The van der Waals surface area contributed by atoms with Gasteiger partial charge in [-0.1, -0.05) is 62.5 Å². The average Bonchev–Trinajstić information content (AvgIpc) is 3.94. The van der Waals surface area contributed by atoms with Crippen molar-refractivity contribution in [3.05, 3.63) is 78.7 Å². The van der Waals surface area contributed by atoms with E-state index in [0.29, 0.717) is 6.54 Å². The zero-order chi connectivity index (χ0) is 34.5. The number of aromatic nitrogens is 3. The molecule has 15 heteroatoms. The molecule has 0 fully saturated rings. The van der Waals surface area contributed by atoms with Crippen LogP contribution in [0.1, 0.15) is 49.8 Å². The number of aryl methyl sites for hydroxylation is 3. The minimum Gasteiger partial charge on any atom is -0.469 e. The number of esters is 1. The largest absolute Gasteiger partial charge is 0.469 e. The van der Waals surface area contributed by atoms with Crippen molar-refractivity contribution in [2.75, 3.05) is 25.2 Å². The molecule has 5 heterocycles. The molecular formula is C33H37N5O4S6. The number of H-pyrrole nitrogens is 1. The second kappa shape index (κ2) is 19.3. The summed E-state index contributed by atoms with van der Waals surface area (Å²) in [6.07, 6.45) is 5.25. The van der Waals surface area contributed by atoms with Gasteiger partial charge in [0.25, 0.3) is 5.91 Å². The minimum atomic E-state index is -0.487. The fourth-order valence-corrected chi connectivity index (χ4v) is 8.87. The van der Waals surface area contributed by atoms with Crippen LogP contribution in [0.4, 0.5) is 5.69 Å². The molecule has 4 aromatic rings. The number of rotatable bonds is 11. The highest BCUT2D eigenvalue weighted by Gasteiger charge is 2.28. The highest BCUT2D eigenvalue weighted by atomic mass is 32.2. The number of hydrogen-bond donors (Lipinski definition) is 1. The third-order valence-corrected chi connectivity index (χ3v) is 12.3. The Balaban J connectivity index is 0.000000186. The Morgan fingerprint density at radius 3 is 2.23 bits per heavy atom. The zero-order valence-electron chi connectivity index (χ0n) is 27.1. The van der Waals surface area contributed by atoms with Crippen molar-refractivity contribution in [2.24, 2.45) is 4.99 Å². The summed E-state index contributed by atoms with van der Waals surface area (Å²) in [5.74, 6) is 1.36. The quantitative estimate of drug-likeness (QED) is 0.0700. The van der Waals surface area contributed by atoms with Crippen LogP contribution in [0.25, 0.3) is 0 Å². The van der Waals surface area contributed by atoms with Crippen molar-refractivity contribution >= 4 is 98.9 Å². The molecule has 0 saturated heterocycles. The first-order chi connectivity index (χ1) is 23.2. The fourth-order valence-electron chi connectivity index (χ4n) is 4.26. The number of methoxy groups -OCH3 is 1. The Morgan fingerprint density at radius 2 is 1.67 bits per heavy atom. The predicted molar refractivity (Wildman–Crippen MR) is 202 cm³/mol. The lowest BCUT2D eigenvalue weighted by molar-refractivity contribution is -0.142. The number of para-hydroxylation sites is 1. The van der Waals surface area contributed by atoms with E-state index in [9.17, 15) is 14.4 Å². The number of Topliss-reactive ketones (excluding diaryl/α,β-unsaturated/α-hetero) is 1. The topological polar surface area (TPSA) is 118 Å². The molecule has 0 aliphatic carbocycles. The number of amides is 1. The van der Waals surface area contributed by atoms with Gasteiger partial charge in [0.1, 0.15) is 16.6 Å². The standard InChI is InChI=1S/C18H17N3OS2.C10H13NO3S2.C5H7NS2/c1-2-14-11-24-18(19-14)23-10-12-7-17(22)21(9-12)16-8-13-5-3-4-6-15(13)20-16;1-3-7-5-15-10(11-7)16-6-8(12)4-9(13)14-2;1-2-4-3-8-5(7)6-4/h3-7,11H,2,8-10H2,1H3;5H,3-4,6H2,1-2H3;3H,2H2,1H3,(H,6,7). The van der Waals surface area contributed by atoms with Crippen LogP contribution < -0.4 is 0 Å². The Bertz CT molecular complexity index is 1820. The van der Waals surface area contributed by atoms with Crippen molar-refractivity contribution in [2.45, 2.75) is 61.6 Å². The van der Waals surface area contributed by atoms with E-state index in [2.05, 4.69) is 55.4 Å². The van der Waals surface area contributed by atoms with Gasteiger partial charge < -0.3 is 9.72 Å². The van der Waals surface area contributed by atoms with E-state index < -0.39 is 5.97 Å².